The van der Waals surface area contributed by atoms with Gasteiger partial charge in [-0.1, -0.05) is 23.5 Å². The van der Waals surface area contributed by atoms with Gasteiger partial charge in [-0.05, 0) is 24.3 Å². The Morgan fingerprint density at radius 3 is 2.75 bits per heavy atom. The average Bonchev–Trinajstić information content (AvgIpc) is 2.90. The second kappa shape index (κ2) is 5.30. The predicted octanol–water partition coefficient (Wildman–Crippen LogP) is 3.46. The van der Waals surface area contributed by atoms with E-state index in [9.17, 15) is 0 Å². The molecule has 0 unspecified atom stereocenters. The highest BCUT2D eigenvalue weighted by molar-refractivity contribution is 7.19. The number of nitrogen functional groups attached to an aromatic ring is 1. The normalized spacial score (nSPS) is 10.4. The molecule has 0 spiro atoms. The third kappa shape index (κ3) is 2.23. The van der Waals surface area contributed by atoms with Crippen LogP contribution in [0.2, 0.25) is 0 Å². The van der Waals surface area contributed by atoms with Crippen LogP contribution in [0.5, 0.6) is 5.75 Å². The topological polar surface area (TPSA) is 61.0 Å². The lowest BCUT2D eigenvalue weighted by atomic mass is 10.1. The number of aromatic nitrogens is 2. The maximum Gasteiger partial charge on any atom is 0.181 e. The maximum absolute atomic E-state index is 5.89. The Kier molecular flexibility index (Phi) is 3.35. The van der Waals surface area contributed by atoms with E-state index in [0.717, 1.165) is 27.4 Å². The number of hydrogen-bond donors (Lipinski definition) is 1. The van der Waals surface area contributed by atoms with E-state index in [0.29, 0.717) is 5.13 Å². The summed E-state index contributed by atoms with van der Waals surface area (Å²) in [5, 5.41) is 0.532. The van der Waals surface area contributed by atoms with Crippen LogP contribution in [-0.4, -0.2) is 17.1 Å². The molecule has 0 amide bonds. The third-order valence-corrected chi connectivity index (χ3v) is 3.85. The van der Waals surface area contributed by atoms with Crippen LogP contribution in [0, 0.1) is 0 Å². The number of benzene rings is 1. The molecule has 3 rings (SSSR count). The van der Waals surface area contributed by atoms with Crippen molar-refractivity contribution in [2.24, 2.45) is 0 Å². The minimum absolute atomic E-state index is 0.532. The summed E-state index contributed by atoms with van der Waals surface area (Å²) in [5.74, 6) is 0.807. The molecule has 0 aliphatic rings. The molecular formula is C15H13N3OS. The van der Waals surface area contributed by atoms with E-state index in [1.54, 1.807) is 19.5 Å². The smallest absolute Gasteiger partial charge is 0.181 e. The fraction of sp³-hybridized carbons (Fsp3) is 0.0667. The van der Waals surface area contributed by atoms with E-state index >= 15 is 0 Å². The lowest BCUT2D eigenvalue weighted by Gasteiger charge is -2.07. The Morgan fingerprint density at radius 1 is 1.15 bits per heavy atom. The van der Waals surface area contributed by atoms with Crippen molar-refractivity contribution < 1.29 is 4.74 Å². The monoisotopic (exact) mass is 283 g/mol. The number of hydrogen-bond acceptors (Lipinski definition) is 5. The predicted molar refractivity (Wildman–Crippen MR) is 81.7 cm³/mol. The summed E-state index contributed by atoms with van der Waals surface area (Å²) in [7, 11) is 1.66. The van der Waals surface area contributed by atoms with Gasteiger partial charge in [-0.25, -0.2) is 4.98 Å². The first-order valence-corrected chi connectivity index (χ1v) is 6.91. The first-order chi connectivity index (χ1) is 9.79. The van der Waals surface area contributed by atoms with Gasteiger partial charge in [0.25, 0.3) is 0 Å². The molecule has 2 aromatic heterocycles. The first-order valence-electron chi connectivity index (χ1n) is 6.09. The number of para-hydroxylation sites is 1. The molecule has 0 saturated heterocycles. The Morgan fingerprint density at radius 2 is 2.00 bits per heavy atom. The van der Waals surface area contributed by atoms with Gasteiger partial charge in [-0.3, -0.25) is 4.98 Å². The fourth-order valence-electron chi connectivity index (χ4n) is 2.05. The molecule has 0 aliphatic carbocycles. The Balaban J connectivity index is 2.20. The average molecular weight is 283 g/mol. The van der Waals surface area contributed by atoms with Crippen LogP contribution in [0.15, 0.2) is 48.8 Å². The molecule has 5 heteroatoms. The zero-order valence-electron chi connectivity index (χ0n) is 10.9. The SMILES string of the molecule is COc1ccccc1-c1sc(N)nc1-c1cccnc1. The van der Waals surface area contributed by atoms with Crippen LogP contribution in [0.1, 0.15) is 0 Å². The summed E-state index contributed by atoms with van der Waals surface area (Å²) in [6.45, 7) is 0. The molecule has 0 atom stereocenters. The Labute approximate surface area is 120 Å². The van der Waals surface area contributed by atoms with E-state index in [4.69, 9.17) is 10.5 Å². The van der Waals surface area contributed by atoms with Crippen LogP contribution in [0.4, 0.5) is 5.13 Å². The standard InChI is InChI=1S/C15H13N3OS/c1-19-12-7-3-2-6-11(12)14-13(18-15(16)20-14)10-5-4-8-17-9-10/h2-9H,1H3,(H2,16,18). The van der Waals surface area contributed by atoms with Crippen molar-refractivity contribution in [3.63, 3.8) is 0 Å². The molecule has 2 heterocycles. The molecular weight excluding hydrogens is 270 g/mol. The van der Waals surface area contributed by atoms with Crippen molar-refractivity contribution in [2.45, 2.75) is 0 Å². The van der Waals surface area contributed by atoms with E-state index in [-0.39, 0.29) is 0 Å². The molecule has 0 radical (unpaired) electrons. The van der Waals surface area contributed by atoms with Gasteiger partial charge in [0.05, 0.1) is 17.7 Å². The quantitative estimate of drug-likeness (QED) is 0.799. The number of rotatable bonds is 3. The number of anilines is 1. The molecule has 2 N–H and O–H groups in total. The van der Waals surface area contributed by atoms with Crippen LogP contribution in [-0.2, 0) is 0 Å². The van der Waals surface area contributed by atoms with Gasteiger partial charge in [0.1, 0.15) is 5.75 Å². The molecule has 3 aromatic rings. The zero-order chi connectivity index (χ0) is 13.9. The van der Waals surface area contributed by atoms with Gasteiger partial charge in [0.15, 0.2) is 5.13 Å². The summed E-state index contributed by atoms with van der Waals surface area (Å²) in [6, 6.07) is 11.7. The highest BCUT2D eigenvalue weighted by atomic mass is 32.1. The van der Waals surface area contributed by atoms with Crippen molar-refractivity contribution in [1.29, 1.82) is 0 Å². The molecule has 100 valence electrons. The van der Waals surface area contributed by atoms with Crippen LogP contribution in [0.25, 0.3) is 21.7 Å². The molecule has 0 fully saturated rings. The zero-order valence-corrected chi connectivity index (χ0v) is 11.7. The van der Waals surface area contributed by atoms with Gasteiger partial charge < -0.3 is 10.5 Å². The van der Waals surface area contributed by atoms with Crippen LogP contribution < -0.4 is 10.5 Å². The maximum atomic E-state index is 5.89. The Bertz CT molecular complexity index is 725. The number of nitrogens with zero attached hydrogens (tertiary/aromatic N) is 2. The van der Waals surface area contributed by atoms with E-state index < -0.39 is 0 Å². The van der Waals surface area contributed by atoms with Gasteiger partial charge in [-0.2, -0.15) is 0 Å². The lowest BCUT2D eigenvalue weighted by molar-refractivity contribution is 0.416. The summed E-state index contributed by atoms with van der Waals surface area (Å²) >= 11 is 1.45. The second-order valence-electron chi connectivity index (χ2n) is 4.17. The van der Waals surface area contributed by atoms with Crippen molar-refractivity contribution in [3.8, 4) is 27.4 Å². The largest absolute Gasteiger partial charge is 0.496 e. The summed E-state index contributed by atoms with van der Waals surface area (Å²) in [4.78, 5) is 9.57. The summed E-state index contributed by atoms with van der Waals surface area (Å²) < 4.78 is 5.42. The Hall–Kier alpha value is -2.40. The minimum Gasteiger partial charge on any atom is -0.496 e. The molecule has 0 aliphatic heterocycles. The number of methoxy groups -OCH3 is 1. The second-order valence-corrected chi connectivity index (χ2v) is 5.20. The van der Waals surface area contributed by atoms with E-state index in [1.807, 2.05) is 36.4 Å². The lowest BCUT2D eigenvalue weighted by Crippen LogP contribution is -1.88. The van der Waals surface area contributed by atoms with Crippen molar-refractivity contribution in [2.75, 3.05) is 12.8 Å². The van der Waals surface area contributed by atoms with Gasteiger partial charge in [-0.15, -0.1) is 0 Å². The third-order valence-electron chi connectivity index (χ3n) is 2.93. The van der Waals surface area contributed by atoms with Crippen molar-refractivity contribution in [1.82, 2.24) is 9.97 Å². The van der Waals surface area contributed by atoms with Crippen LogP contribution >= 0.6 is 11.3 Å². The van der Waals surface area contributed by atoms with Gasteiger partial charge in [0, 0.05) is 23.5 Å². The number of thiazole rings is 1. The highest BCUT2D eigenvalue weighted by Crippen LogP contribution is 2.41. The van der Waals surface area contributed by atoms with E-state index in [1.165, 1.54) is 11.3 Å². The summed E-state index contributed by atoms with van der Waals surface area (Å²) in [5.41, 5.74) is 8.66. The van der Waals surface area contributed by atoms with Crippen molar-refractivity contribution in [3.05, 3.63) is 48.8 Å². The molecule has 0 bridgehead atoms. The molecule has 1 aromatic carbocycles. The molecule has 20 heavy (non-hydrogen) atoms. The van der Waals surface area contributed by atoms with E-state index in [2.05, 4.69) is 9.97 Å². The number of ether oxygens (including phenoxy) is 1. The van der Waals surface area contributed by atoms with Crippen LogP contribution in [0.3, 0.4) is 0 Å². The van der Waals surface area contributed by atoms with Crippen molar-refractivity contribution >= 4 is 16.5 Å². The minimum atomic E-state index is 0.532. The number of nitrogens with two attached hydrogens (primary N) is 1. The molecule has 0 saturated carbocycles. The van der Waals surface area contributed by atoms with Gasteiger partial charge in [0.2, 0.25) is 0 Å². The number of pyridine rings is 1. The highest BCUT2D eigenvalue weighted by Gasteiger charge is 2.16. The first kappa shape index (κ1) is 12.6. The van der Waals surface area contributed by atoms with Gasteiger partial charge >= 0.3 is 0 Å². The fourth-order valence-corrected chi connectivity index (χ4v) is 2.93. The summed E-state index contributed by atoms with van der Waals surface area (Å²) in [6.07, 6.45) is 3.52. The molecule has 4 nitrogen and oxygen atoms in total.